The lowest BCUT2D eigenvalue weighted by Gasteiger charge is -2.22. The normalized spacial score (nSPS) is 10.6. The van der Waals surface area contributed by atoms with Crippen LogP contribution in [0.15, 0.2) is 72.8 Å². The number of hydrogen-bond acceptors (Lipinski definition) is 6. The topological polar surface area (TPSA) is 90.0 Å². The molecule has 0 radical (unpaired) electrons. The fraction of sp³-hybridized carbons (Fsp3) is 0.207. The maximum Gasteiger partial charge on any atom is 0.255 e. The van der Waals surface area contributed by atoms with Crippen LogP contribution in [0, 0.1) is 0 Å². The van der Waals surface area contributed by atoms with E-state index in [2.05, 4.69) is 5.32 Å². The fourth-order valence-electron chi connectivity index (χ4n) is 4.07. The summed E-state index contributed by atoms with van der Waals surface area (Å²) in [6.07, 6.45) is 0. The minimum atomic E-state index is -0.304. The highest BCUT2D eigenvalue weighted by atomic mass is 16.5. The van der Waals surface area contributed by atoms with Crippen LogP contribution in [0.2, 0.25) is 0 Å². The van der Waals surface area contributed by atoms with Gasteiger partial charge in [0.25, 0.3) is 5.91 Å². The molecule has 4 rings (SSSR count). The van der Waals surface area contributed by atoms with Crippen LogP contribution in [0.1, 0.15) is 17.3 Å². The number of pyridine rings is 1. The van der Waals surface area contributed by atoms with Crippen LogP contribution in [0.5, 0.6) is 17.2 Å². The van der Waals surface area contributed by atoms with Gasteiger partial charge in [0.2, 0.25) is 5.91 Å². The maximum atomic E-state index is 13.7. The molecule has 0 aliphatic rings. The van der Waals surface area contributed by atoms with E-state index < -0.39 is 0 Å². The van der Waals surface area contributed by atoms with Crippen molar-refractivity contribution in [2.75, 3.05) is 39.7 Å². The lowest BCUT2D eigenvalue weighted by atomic mass is 10.0. The van der Waals surface area contributed by atoms with Crippen molar-refractivity contribution in [1.82, 2.24) is 9.88 Å². The average molecular weight is 500 g/mol. The Labute approximate surface area is 215 Å². The molecule has 1 N–H and O–H groups in total. The molecule has 0 unspecified atom stereocenters. The SMILES string of the molecule is CCN(CC(=O)Nc1cccc(OC)c1)C(=O)c1cc(-c2ccc(OC)c(OC)c2)nc2ccccc12. The van der Waals surface area contributed by atoms with E-state index in [4.69, 9.17) is 19.2 Å². The monoisotopic (exact) mass is 499 g/mol. The number of anilines is 1. The minimum absolute atomic E-state index is 0.102. The summed E-state index contributed by atoms with van der Waals surface area (Å²) in [6, 6.07) is 21.8. The molecular formula is C29H29N3O5. The zero-order valence-electron chi connectivity index (χ0n) is 21.3. The molecule has 1 aromatic heterocycles. The highest BCUT2D eigenvalue weighted by Gasteiger charge is 2.21. The molecule has 8 nitrogen and oxygen atoms in total. The maximum absolute atomic E-state index is 13.7. The first-order valence-electron chi connectivity index (χ1n) is 11.8. The molecule has 0 aliphatic heterocycles. The van der Waals surface area contributed by atoms with E-state index in [1.54, 1.807) is 57.7 Å². The Bertz CT molecular complexity index is 1440. The molecule has 0 bridgehead atoms. The minimum Gasteiger partial charge on any atom is -0.497 e. The number of fused-ring (bicyclic) bond motifs is 1. The standard InChI is InChI=1S/C29H29N3O5/c1-5-32(18-28(33)30-20-9-8-10-21(16-20)35-2)29(34)23-17-25(31-24-12-7-6-11-22(23)24)19-13-14-26(36-3)27(15-19)37-4/h6-17H,5,18H2,1-4H3,(H,30,33). The third-order valence-electron chi connectivity index (χ3n) is 5.98. The quantitative estimate of drug-likeness (QED) is 0.348. The number of methoxy groups -OCH3 is 3. The van der Waals surface area contributed by atoms with E-state index in [9.17, 15) is 9.59 Å². The largest absolute Gasteiger partial charge is 0.497 e. The summed E-state index contributed by atoms with van der Waals surface area (Å²) >= 11 is 0. The molecule has 0 aliphatic carbocycles. The van der Waals surface area contributed by atoms with Crippen LogP contribution in [0.4, 0.5) is 5.69 Å². The highest BCUT2D eigenvalue weighted by molar-refractivity contribution is 6.08. The Morgan fingerprint density at radius 1 is 0.865 bits per heavy atom. The number of rotatable bonds is 9. The number of likely N-dealkylation sites (N-methyl/N-ethyl adjacent to an activating group) is 1. The van der Waals surface area contributed by atoms with Crippen molar-refractivity contribution in [3.8, 4) is 28.5 Å². The van der Waals surface area contributed by atoms with Gasteiger partial charge in [0.15, 0.2) is 11.5 Å². The van der Waals surface area contributed by atoms with E-state index in [1.165, 1.54) is 4.90 Å². The summed E-state index contributed by atoms with van der Waals surface area (Å²) in [5, 5.41) is 3.55. The summed E-state index contributed by atoms with van der Waals surface area (Å²) in [4.78, 5) is 32.8. The van der Waals surface area contributed by atoms with Gasteiger partial charge in [-0.15, -0.1) is 0 Å². The molecule has 8 heteroatoms. The van der Waals surface area contributed by atoms with Crippen LogP contribution in [-0.2, 0) is 4.79 Å². The van der Waals surface area contributed by atoms with E-state index >= 15 is 0 Å². The summed E-state index contributed by atoms with van der Waals surface area (Å²) in [7, 11) is 4.71. The molecule has 3 aromatic carbocycles. The second-order valence-corrected chi connectivity index (χ2v) is 8.24. The molecule has 0 spiro atoms. The Kier molecular flexibility index (Phi) is 7.88. The van der Waals surface area contributed by atoms with Crippen molar-refractivity contribution in [3.05, 3.63) is 78.4 Å². The van der Waals surface area contributed by atoms with Crippen LogP contribution < -0.4 is 19.5 Å². The van der Waals surface area contributed by atoms with Crippen molar-refractivity contribution in [1.29, 1.82) is 0 Å². The molecule has 0 saturated heterocycles. The third kappa shape index (κ3) is 5.64. The molecule has 190 valence electrons. The van der Waals surface area contributed by atoms with Crippen LogP contribution >= 0.6 is 0 Å². The Hall–Kier alpha value is -4.59. The first-order chi connectivity index (χ1) is 18.0. The van der Waals surface area contributed by atoms with Gasteiger partial charge in [-0.1, -0.05) is 24.3 Å². The van der Waals surface area contributed by atoms with E-state index in [1.807, 2.05) is 43.3 Å². The van der Waals surface area contributed by atoms with Gasteiger partial charge in [-0.3, -0.25) is 9.59 Å². The average Bonchev–Trinajstić information content (AvgIpc) is 2.94. The van der Waals surface area contributed by atoms with E-state index in [0.29, 0.717) is 51.6 Å². The van der Waals surface area contributed by atoms with E-state index in [-0.39, 0.29) is 18.4 Å². The van der Waals surface area contributed by atoms with Crippen molar-refractivity contribution < 1.29 is 23.8 Å². The number of para-hydroxylation sites is 1. The van der Waals surface area contributed by atoms with Gasteiger partial charge in [0.05, 0.1) is 38.1 Å². The molecule has 0 fully saturated rings. The number of amides is 2. The Morgan fingerprint density at radius 3 is 2.38 bits per heavy atom. The molecular weight excluding hydrogens is 470 g/mol. The zero-order valence-corrected chi connectivity index (χ0v) is 21.3. The summed E-state index contributed by atoms with van der Waals surface area (Å²) in [5.41, 5.74) is 3.12. The van der Waals surface area contributed by atoms with Gasteiger partial charge in [-0.2, -0.15) is 0 Å². The van der Waals surface area contributed by atoms with Gasteiger partial charge in [0.1, 0.15) is 12.3 Å². The van der Waals surface area contributed by atoms with Crippen molar-refractivity contribution in [2.45, 2.75) is 6.92 Å². The van der Waals surface area contributed by atoms with Gasteiger partial charge in [-0.05, 0) is 49.4 Å². The molecule has 37 heavy (non-hydrogen) atoms. The molecule has 0 atom stereocenters. The highest BCUT2D eigenvalue weighted by Crippen LogP contribution is 2.33. The van der Waals surface area contributed by atoms with Crippen molar-refractivity contribution >= 4 is 28.4 Å². The Morgan fingerprint density at radius 2 is 1.65 bits per heavy atom. The number of ether oxygens (including phenoxy) is 3. The smallest absolute Gasteiger partial charge is 0.255 e. The number of aromatic nitrogens is 1. The van der Waals surface area contributed by atoms with Crippen molar-refractivity contribution in [2.24, 2.45) is 0 Å². The number of carbonyl (C=O) groups excluding carboxylic acids is 2. The van der Waals surface area contributed by atoms with Crippen LogP contribution in [0.3, 0.4) is 0 Å². The first kappa shape index (κ1) is 25.5. The summed E-state index contributed by atoms with van der Waals surface area (Å²) < 4.78 is 16.0. The predicted molar refractivity (Wildman–Crippen MR) is 143 cm³/mol. The number of hydrogen-bond donors (Lipinski definition) is 1. The fourth-order valence-corrected chi connectivity index (χ4v) is 4.07. The second kappa shape index (κ2) is 11.4. The van der Waals surface area contributed by atoms with Gasteiger partial charge in [0, 0.05) is 29.2 Å². The van der Waals surface area contributed by atoms with Crippen LogP contribution in [0.25, 0.3) is 22.2 Å². The first-order valence-corrected chi connectivity index (χ1v) is 11.8. The van der Waals surface area contributed by atoms with Gasteiger partial charge >= 0.3 is 0 Å². The molecule has 4 aromatic rings. The molecule has 0 saturated carbocycles. The van der Waals surface area contributed by atoms with Gasteiger partial charge < -0.3 is 24.4 Å². The van der Waals surface area contributed by atoms with Crippen molar-refractivity contribution in [3.63, 3.8) is 0 Å². The molecule has 1 heterocycles. The summed E-state index contributed by atoms with van der Waals surface area (Å²) in [6.45, 7) is 2.09. The number of benzene rings is 3. The number of carbonyl (C=O) groups is 2. The second-order valence-electron chi connectivity index (χ2n) is 8.24. The zero-order chi connectivity index (χ0) is 26.4. The lowest BCUT2D eigenvalue weighted by molar-refractivity contribution is -0.116. The predicted octanol–water partition coefficient (Wildman–Crippen LogP) is 5.03. The van der Waals surface area contributed by atoms with Crippen LogP contribution in [-0.4, -0.2) is 56.1 Å². The Balaban J connectivity index is 1.66. The summed E-state index contributed by atoms with van der Waals surface area (Å²) in [5.74, 6) is 1.23. The molecule has 2 amide bonds. The lowest BCUT2D eigenvalue weighted by Crippen LogP contribution is -2.38. The number of nitrogens with zero attached hydrogens (tertiary/aromatic N) is 2. The van der Waals surface area contributed by atoms with Gasteiger partial charge in [-0.25, -0.2) is 4.98 Å². The third-order valence-corrected chi connectivity index (χ3v) is 5.98. The van der Waals surface area contributed by atoms with E-state index in [0.717, 1.165) is 5.56 Å². The number of nitrogens with one attached hydrogen (secondary N) is 1.